The number of hydrogen-bond acceptors (Lipinski definition) is 3. The summed E-state index contributed by atoms with van der Waals surface area (Å²) < 4.78 is 33.2. The van der Waals surface area contributed by atoms with Crippen molar-refractivity contribution < 1.29 is 20.7 Å². The van der Waals surface area contributed by atoms with Gasteiger partial charge in [0.05, 0.1) is 0 Å². The van der Waals surface area contributed by atoms with Gasteiger partial charge in [0, 0.05) is 0 Å². The van der Waals surface area contributed by atoms with Crippen LogP contribution in [0.3, 0.4) is 0 Å². The first-order valence-corrected chi connectivity index (χ1v) is 3.89. The van der Waals surface area contributed by atoms with Crippen LogP contribution >= 0.6 is 0 Å². The largest absolute Gasteiger partial charge is 2.00 e. The monoisotopic (exact) mass is 200 g/mol. The summed E-state index contributed by atoms with van der Waals surface area (Å²) in [5, 5.41) is 0. The van der Waals surface area contributed by atoms with E-state index in [-0.39, 0.29) is 42.4 Å². The van der Waals surface area contributed by atoms with Crippen molar-refractivity contribution >= 4 is 52.3 Å². The molecule has 0 rings (SSSR count). The molecule has 0 unspecified atom stereocenters. The minimum Gasteiger partial charge on any atom is 2.00 e. The number of hydrogen-bond donors (Lipinski definition) is 1. The standard InChI is InChI=1S/AsH3O4.Ca.FH/c2-1(3,4)5;;/h(H3,2,3,4,5);;1H/q;+2;/p-2. The zero-order chi connectivity index (χ0) is 4.50. The minimum absolute atomic E-state index is 0. The molecule has 0 spiro atoms. The SMILES string of the molecule is F.O=[As]([O-])([O-])O.[Ca+2]. The van der Waals surface area contributed by atoms with Crippen LogP contribution in [0.5, 0.6) is 0 Å². The van der Waals surface area contributed by atoms with Gasteiger partial charge in [-0.25, -0.2) is 0 Å². The van der Waals surface area contributed by atoms with Gasteiger partial charge in [0.25, 0.3) is 0 Å². The van der Waals surface area contributed by atoms with Gasteiger partial charge < -0.3 is 0 Å². The predicted octanol–water partition coefficient (Wildman–Crippen LogP) is -3.66. The second-order valence-corrected chi connectivity index (χ2v) is 2.43. The smallest absolute Gasteiger partial charge is 2.00 e. The van der Waals surface area contributed by atoms with E-state index in [2.05, 4.69) is 0 Å². The molecule has 0 aromatic heterocycles. The van der Waals surface area contributed by atoms with Crippen molar-refractivity contribution in [1.82, 2.24) is 0 Å². The molecule has 0 saturated heterocycles. The third kappa shape index (κ3) is 107. The molecule has 0 amide bonds. The molecular formula is H2AsCaFO4. The Bertz CT molecular complexity index is 57.8. The molecule has 0 bridgehead atoms. The molecule has 0 aromatic rings. The fourth-order valence-corrected chi connectivity index (χ4v) is 0. The molecule has 7 heteroatoms. The van der Waals surface area contributed by atoms with Crippen LogP contribution in [0.25, 0.3) is 0 Å². The van der Waals surface area contributed by atoms with E-state index in [0.29, 0.717) is 0 Å². The Balaban J connectivity index is -0.0000000800. The fourth-order valence-electron chi connectivity index (χ4n) is 0. The van der Waals surface area contributed by atoms with Crippen molar-refractivity contribution in [2.24, 2.45) is 0 Å². The van der Waals surface area contributed by atoms with Gasteiger partial charge >= 0.3 is 68.3 Å². The van der Waals surface area contributed by atoms with Crippen LogP contribution in [0.1, 0.15) is 0 Å². The van der Waals surface area contributed by atoms with Crippen LogP contribution in [0.2, 0.25) is 0 Å². The van der Waals surface area contributed by atoms with Crippen LogP contribution in [0.4, 0.5) is 4.70 Å². The third-order valence-corrected chi connectivity index (χ3v) is 0. The molecule has 4 nitrogen and oxygen atoms in total. The maximum atomic E-state index is 8.72. The summed E-state index contributed by atoms with van der Waals surface area (Å²) in [6, 6.07) is 0. The molecule has 0 aliphatic carbocycles. The number of halogens is 1. The van der Waals surface area contributed by atoms with Crippen LogP contribution in [0, 0.1) is 0 Å². The van der Waals surface area contributed by atoms with E-state index in [4.69, 9.17) is 16.0 Å². The van der Waals surface area contributed by atoms with Gasteiger partial charge in [0.1, 0.15) is 0 Å². The summed E-state index contributed by atoms with van der Waals surface area (Å²) >= 11 is -5.62. The predicted molar refractivity (Wildman–Crippen MR) is 16.9 cm³/mol. The van der Waals surface area contributed by atoms with Gasteiger partial charge in [-0.05, 0) is 0 Å². The molecule has 0 saturated carbocycles. The van der Waals surface area contributed by atoms with Gasteiger partial charge in [-0.2, -0.15) is 0 Å². The van der Waals surface area contributed by atoms with Gasteiger partial charge in [0.15, 0.2) is 0 Å². The summed E-state index contributed by atoms with van der Waals surface area (Å²) in [4.78, 5) is 0. The van der Waals surface area contributed by atoms with E-state index in [9.17, 15) is 0 Å². The average molecular weight is 200 g/mol. The van der Waals surface area contributed by atoms with E-state index in [0.717, 1.165) is 0 Å². The van der Waals surface area contributed by atoms with E-state index >= 15 is 0 Å². The molecule has 0 atom stereocenters. The molecule has 0 fully saturated rings. The topological polar surface area (TPSA) is 83.4 Å². The summed E-state index contributed by atoms with van der Waals surface area (Å²) in [7, 11) is 0. The summed E-state index contributed by atoms with van der Waals surface area (Å²) in [6.07, 6.45) is 0. The average Bonchev–Trinajstić information content (AvgIpc) is 0.722. The fraction of sp³-hybridized carbons (Fsp3) is 0. The van der Waals surface area contributed by atoms with Crippen molar-refractivity contribution in [3.05, 3.63) is 0 Å². The normalized spacial score (nSPS) is 8.43. The van der Waals surface area contributed by atoms with Gasteiger partial charge in [-0.1, -0.05) is 0 Å². The van der Waals surface area contributed by atoms with Crippen LogP contribution in [-0.4, -0.2) is 56.3 Å². The van der Waals surface area contributed by atoms with Crippen LogP contribution in [-0.2, 0) is 3.74 Å². The zero-order valence-electron chi connectivity index (χ0n) is 3.23. The first kappa shape index (κ1) is 15.8. The Morgan fingerprint density at radius 3 is 1.43 bits per heavy atom. The summed E-state index contributed by atoms with van der Waals surface area (Å²) in [6.45, 7) is 0. The molecule has 40 valence electrons. The molecule has 0 radical (unpaired) electrons. The van der Waals surface area contributed by atoms with E-state index < -0.39 is 14.5 Å². The molecule has 0 heterocycles. The van der Waals surface area contributed by atoms with Crippen molar-refractivity contribution in [3.8, 4) is 0 Å². The van der Waals surface area contributed by atoms with Crippen LogP contribution < -0.4 is 8.19 Å². The Morgan fingerprint density at radius 1 is 1.43 bits per heavy atom. The minimum atomic E-state index is -5.62. The summed E-state index contributed by atoms with van der Waals surface area (Å²) in [5.41, 5.74) is 0. The first-order valence-electron chi connectivity index (χ1n) is 0.748. The number of rotatable bonds is 0. The second kappa shape index (κ2) is 5.56. The maximum absolute atomic E-state index is 8.72. The zero-order valence-corrected chi connectivity index (χ0v) is 7.32. The maximum Gasteiger partial charge on any atom is 2.00 e. The van der Waals surface area contributed by atoms with E-state index in [1.165, 1.54) is 0 Å². The Morgan fingerprint density at radius 2 is 1.43 bits per heavy atom. The molecule has 0 aliphatic rings. The van der Waals surface area contributed by atoms with Crippen molar-refractivity contribution in [3.63, 3.8) is 0 Å². The van der Waals surface area contributed by atoms with Crippen molar-refractivity contribution in [1.29, 1.82) is 0 Å². The second-order valence-electron chi connectivity index (χ2n) is 0.469. The molecular weight excluding hydrogens is 198 g/mol. The van der Waals surface area contributed by atoms with Crippen molar-refractivity contribution in [2.45, 2.75) is 0 Å². The molecule has 7 heavy (non-hydrogen) atoms. The van der Waals surface area contributed by atoms with Crippen LogP contribution in [0.15, 0.2) is 0 Å². The van der Waals surface area contributed by atoms with Gasteiger partial charge in [0.2, 0.25) is 0 Å². The Kier molecular flexibility index (Phi) is 12.5. The first-order chi connectivity index (χ1) is 2.00. The van der Waals surface area contributed by atoms with E-state index in [1.807, 2.05) is 0 Å². The van der Waals surface area contributed by atoms with E-state index in [1.54, 1.807) is 0 Å². The van der Waals surface area contributed by atoms with Gasteiger partial charge in [-0.15, -0.1) is 0 Å². The van der Waals surface area contributed by atoms with Crippen molar-refractivity contribution in [2.75, 3.05) is 0 Å². The third-order valence-electron chi connectivity index (χ3n) is 0. The quantitative estimate of drug-likeness (QED) is 0.408. The molecule has 0 aromatic carbocycles. The Labute approximate surface area is 72.3 Å². The molecule has 1 N–H and O–H groups in total. The summed E-state index contributed by atoms with van der Waals surface area (Å²) in [5.74, 6) is 0. The van der Waals surface area contributed by atoms with Gasteiger partial charge in [-0.3, -0.25) is 4.70 Å². The molecule has 0 aliphatic heterocycles. The Hall–Kier alpha value is 1.43.